The third-order valence-electron chi connectivity index (χ3n) is 14.1. The van der Waals surface area contributed by atoms with E-state index in [9.17, 15) is 14.4 Å². The minimum Gasteiger partial charge on any atom is -0.462 e. The summed E-state index contributed by atoms with van der Waals surface area (Å²) in [6.07, 6.45) is 84.5. The molecule has 76 heavy (non-hydrogen) atoms. The largest absolute Gasteiger partial charge is 0.462 e. The maximum absolute atomic E-state index is 12.9. The second-order valence-electron chi connectivity index (χ2n) is 21.6. The van der Waals surface area contributed by atoms with Crippen molar-refractivity contribution in [2.24, 2.45) is 0 Å². The quantitative estimate of drug-likeness (QED) is 0.0261. The first-order valence-corrected chi connectivity index (χ1v) is 32.6. The molecule has 438 valence electrons. The van der Waals surface area contributed by atoms with Crippen molar-refractivity contribution in [1.82, 2.24) is 0 Å². The molecule has 0 aromatic carbocycles. The summed E-state index contributed by atoms with van der Waals surface area (Å²) < 4.78 is 16.9. The molecule has 0 aliphatic heterocycles. The van der Waals surface area contributed by atoms with Gasteiger partial charge in [-0.1, -0.05) is 292 Å². The summed E-state index contributed by atoms with van der Waals surface area (Å²) in [6.45, 7) is 6.54. The minimum absolute atomic E-state index is 0.0760. The predicted molar refractivity (Wildman–Crippen MR) is 330 cm³/mol. The van der Waals surface area contributed by atoms with Gasteiger partial charge in [-0.15, -0.1) is 0 Å². The minimum atomic E-state index is -0.779. The van der Waals surface area contributed by atoms with E-state index in [0.717, 1.165) is 103 Å². The lowest BCUT2D eigenvalue weighted by Crippen LogP contribution is -2.30. The Morgan fingerprint density at radius 2 is 0.513 bits per heavy atom. The molecular weight excluding hydrogens is 937 g/mol. The van der Waals surface area contributed by atoms with Crippen molar-refractivity contribution in [3.8, 4) is 0 Å². The highest BCUT2D eigenvalue weighted by Gasteiger charge is 2.19. The van der Waals surface area contributed by atoms with Crippen LogP contribution in [0.15, 0.2) is 85.1 Å². The highest BCUT2D eigenvalue weighted by Crippen LogP contribution is 2.16. The summed E-state index contributed by atoms with van der Waals surface area (Å²) in [5, 5.41) is 0. The summed E-state index contributed by atoms with van der Waals surface area (Å²) in [5.74, 6) is -0.874. The summed E-state index contributed by atoms with van der Waals surface area (Å²) >= 11 is 0. The third kappa shape index (κ3) is 61.4. The lowest BCUT2D eigenvalue weighted by atomic mass is 10.0. The second kappa shape index (κ2) is 64.1. The van der Waals surface area contributed by atoms with Crippen LogP contribution in [-0.4, -0.2) is 37.2 Å². The number of esters is 3. The number of ether oxygens (including phenoxy) is 3. The molecule has 1 atom stereocenters. The highest BCUT2D eigenvalue weighted by molar-refractivity contribution is 5.71. The van der Waals surface area contributed by atoms with Crippen molar-refractivity contribution in [2.45, 2.75) is 329 Å². The monoisotopic (exact) mass is 1060 g/mol. The van der Waals surface area contributed by atoms with Gasteiger partial charge in [0.05, 0.1) is 0 Å². The van der Waals surface area contributed by atoms with E-state index in [1.54, 1.807) is 0 Å². The Bertz CT molecular complexity index is 1450. The molecule has 0 spiro atoms. The van der Waals surface area contributed by atoms with Crippen molar-refractivity contribution in [3.63, 3.8) is 0 Å². The Hall–Kier alpha value is -3.41. The number of hydrogen-bond donors (Lipinski definition) is 0. The van der Waals surface area contributed by atoms with Crippen molar-refractivity contribution in [3.05, 3.63) is 85.1 Å². The molecule has 0 aliphatic rings. The molecule has 0 saturated heterocycles. The normalized spacial score (nSPS) is 12.6. The van der Waals surface area contributed by atoms with E-state index >= 15 is 0 Å². The fraction of sp³-hybridized carbons (Fsp3) is 0.757. The van der Waals surface area contributed by atoms with E-state index < -0.39 is 6.10 Å². The van der Waals surface area contributed by atoms with Crippen LogP contribution in [-0.2, 0) is 28.6 Å². The van der Waals surface area contributed by atoms with Crippen LogP contribution in [0.1, 0.15) is 323 Å². The zero-order valence-corrected chi connectivity index (χ0v) is 50.3. The fourth-order valence-corrected chi connectivity index (χ4v) is 9.27. The lowest BCUT2D eigenvalue weighted by Gasteiger charge is -2.18. The molecule has 6 nitrogen and oxygen atoms in total. The number of unbranched alkanes of at least 4 members (excludes halogenated alkanes) is 34. The van der Waals surface area contributed by atoms with E-state index in [-0.39, 0.29) is 31.1 Å². The molecule has 0 radical (unpaired) electrons. The first-order chi connectivity index (χ1) is 37.5. The van der Waals surface area contributed by atoms with Crippen LogP contribution in [0.5, 0.6) is 0 Å². The third-order valence-corrected chi connectivity index (χ3v) is 14.1. The molecule has 0 N–H and O–H groups in total. The number of rotatable bonds is 59. The van der Waals surface area contributed by atoms with Crippen molar-refractivity contribution < 1.29 is 28.6 Å². The average Bonchev–Trinajstić information content (AvgIpc) is 3.42. The van der Waals surface area contributed by atoms with E-state index in [1.165, 1.54) is 180 Å². The van der Waals surface area contributed by atoms with Gasteiger partial charge in [0.15, 0.2) is 6.10 Å². The van der Waals surface area contributed by atoms with E-state index in [4.69, 9.17) is 14.2 Å². The molecule has 0 aromatic heterocycles. The van der Waals surface area contributed by atoms with Gasteiger partial charge >= 0.3 is 17.9 Å². The number of carbonyl (C=O) groups is 3. The first-order valence-electron chi connectivity index (χ1n) is 32.6. The molecule has 1 unspecified atom stereocenters. The van der Waals surface area contributed by atoms with Gasteiger partial charge in [-0.2, -0.15) is 0 Å². The Kier molecular flexibility index (Phi) is 61.2. The summed E-state index contributed by atoms with van der Waals surface area (Å²) in [7, 11) is 0. The smallest absolute Gasteiger partial charge is 0.306 e. The molecule has 6 heteroatoms. The van der Waals surface area contributed by atoms with Crippen LogP contribution in [0, 0.1) is 0 Å². The Balaban J connectivity index is 4.19. The Labute approximate surface area is 471 Å². The first kappa shape index (κ1) is 72.6. The molecule has 0 bridgehead atoms. The average molecular weight is 1060 g/mol. The molecule has 0 saturated carbocycles. The molecule has 0 aromatic rings. The SMILES string of the molecule is CC/C=C\C/C=C\C/C=C\C/C=C\C/C=C\C/C=C\CCCCCCCCCCCCCCC(=O)OCC(COC(=O)CCCCCCCCCCCCC)OC(=O)CCCCCCC/C=C\CCCCCCCCC. The topological polar surface area (TPSA) is 78.9 Å². The summed E-state index contributed by atoms with van der Waals surface area (Å²) in [6, 6.07) is 0. The molecular formula is C70H122O6. The van der Waals surface area contributed by atoms with Crippen LogP contribution in [0.3, 0.4) is 0 Å². The maximum atomic E-state index is 12.9. The van der Waals surface area contributed by atoms with E-state index in [0.29, 0.717) is 19.3 Å². The Morgan fingerprint density at radius 3 is 0.816 bits per heavy atom. The van der Waals surface area contributed by atoms with Gasteiger partial charge in [-0.25, -0.2) is 0 Å². The maximum Gasteiger partial charge on any atom is 0.306 e. The van der Waals surface area contributed by atoms with E-state index in [2.05, 4.69) is 106 Å². The molecule has 0 fully saturated rings. The number of carbonyl (C=O) groups excluding carboxylic acids is 3. The van der Waals surface area contributed by atoms with Gasteiger partial charge in [-0.3, -0.25) is 14.4 Å². The summed E-state index contributed by atoms with van der Waals surface area (Å²) in [5.41, 5.74) is 0. The van der Waals surface area contributed by atoms with Crippen LogP contribution < -0.4 is 0 Å². The molecule has 0 aliphatic carbocycles. The van der Waals surface area contributed by atoms with Crippen molar-refractivity contribution in [1.29, 1.82) is 0 Å². The molecule has 0 heterocycles. The standard InChI is InChI=1S/C70H122O6/c1-4-7-10-13-16-19-22-24-26-28-29-30-31-32-33-34-35-36-37-38-39-40-41-42-44-45-48-51-54-57-60-63-69(72)75-66-67(65-74-68(71)62-59-56-53-50-47-21-18-15-12-9-6-3)76-70(73)64-61-58-55-52-49-46-43-27-25-23-20-17-14-11-8-5-2/h7,10,16,19,24,26-27,29-30,32-33,35-36,43,67H,4-6,8-9,11-15,17-18,20-23,25,28,31,34,37-42,44-66H2,1-3H3/b10-7-,19-16-,26-24-,30-29-,33-32-,36-35-,43-27-. The second-order valence-corrected chi connectivity index (χ2v) is 21.6. The van der Waals surface area contributed by atoms with Gasteiger partial charge < -0.3 is 14.2 Å². The van der Waals surface area contributed by atoms with Gasteiger partial charge in [0.1, 0.15) is 13.2 Å². The summed E-state index contributed by atoms with van der Waals surface area (Å²) in [4.78, 5) is 38.2. The molecule has 0 rings (SSSR count). The highest BCUT2D eigenvalue weighted by atomic mass is 16.6. The van der Waals surface area contributed by atoms with Crippen molar-refractivity contribution in [2.75, 3.05) is 13.2 Å². The predicted octanol–water partition coefficient (Wildman–Crippen LogP) is 22.3. The number of allylic oxidation sites excluding steroid dienone is 14. The zero-order valence-electron chi connectivity index (χ0n) is 50.3. The van der Waals surface area contributed by atoms with Gasteiger partial charge in [0, 0.05) is 19.3 Å². The fourth-order valence-electron chi connectivity index (χ4n) is 9.27. The van der Waals surface area contributed by atoms with E-state index in [1.807, 2.05) is 0 Å². The number of hydrogen-bond acceptors (Lipinski definition) is 6. The van der Waals surface area contributed by atoms with Gasteiger partial charge in [0.25, 0.3) is 0 Å². The zero-order chi connectivity index (χ0) is 55.0. The van der Waals surface area contributed by atoms with Crippen LogP contribution in [0.4, 0.5) is 0 Å². The molecule has 0 amide bonds. The van der Waals surface area contributed by atoms with Crippen molar-refractivity contribution >= 4 is 17.9 Å². The van der Waals surface area contributed by atoms with Crippen LogP contribution >= 0.6 is 0 Å². The van der Waals surface area contributed by atoms with Gasteiger partial charge in [0.2, 0.25) is 0 Å². The van der Waals surface area contributed by atoms with Crippen LogP contribution in [0.25, 0.3) is 0 Å². The Morgan fingerprint density at radius 1 is 0.276 bits per heavy atom. The van der Waals surface area contributed by atoms with Gasteiger partial charge in [-0.05, 0) is 96.3 Å². The van der Waals surface area contributed by atoms with Crippen LogP contribution in [0.2, 0.25) is 0 Å². The lowest BCUT2D eigenvalue weighted by molar-refractivity contribution is -0.167.